The summed E-state index contributed by atoms with van der Waals surface area (Å²) in [4.78, 5) is 19.4. The number of aromatic nitrogens is 2. The van der Waals surface area contributed by atoms with Crippen LogP contribution in [0.5, 0.6) is 0 Å². The van der Waals surface area contributed by atoms with Crippen LogP contribution in [0.25, 0.3) is 0 Å². The highest BCUT2D eigenvalue weighted by Crippen LogP contribution is 2.22. The summed E-state index contributed by atoms with van der Waals surface area (Å²) in [5.41, 5.74) is 2.22. The second-order valence-corrected chi connectivity index (χ2v) is 8.91. The van der Waals surface area contributed by atoms with E-state index in [0.717, 1.165) is 22.1 Å². The molecule has 0 bridgehead atoms. The van der Waals surface area contributed by atoms with Gasteiger partial charge in [0.2, 0.25) is 11.0 Å². The Balaban J connectivity index is 1.75. The molecule has 1 unspecified atom stereocenters. The van der Waals surface area contributed by atoms with Crippen LogP contribution >= 0.6 is 23.1 Å². The molecule has 1 amide bonds. The molecule has 1 heterocycles. The van der Waals surface area contributed by atoms with Gasteiger partial charge in [-0.2, -0.15) is 4.37 Å². The van der Waals surface area contributed by atoms with Crippen molar-refractivity contribution in [3.63, 3.8) is 0 Å². The summed E-state index contributed by atoms with van der Waals surface area (Å²) in [5, 5.41) is 4.54. The standard InChI is InChI=1S/C23H27ClN4OS/c1-16(2)17(3)25-22(29)15-28(14-19-7-5-4-6-8-19)23-26-21(27-30-23)13-18-9-11-20(24)12-10-18/h4-12,16-17H,13-15H2,1-3H3,(H,25,29). The maximum atomic E-state index is 12.7. The SMILES string of the molecule is CC(C)C(C)NC(=O)CN(Cc1ccccc1)c1nc(Cc2ccc(Cl)cc2)ns1. The Morgan fingerprint density at radius 3 is 2.43 bits per heavy atom. The van der Waals surface area contributed by atoms with Crippen molar-refractivity contribution in [2.24, 2.45) is 5.92 Å². The second-order valence-electron chi connectivity index (χ2n) is 7.74. The van der Waals surface area contributed by atoms with Gasteiger partial charge in [-0.25, -0.2) is 4.98 Å². The smallest absolute Gasteiger partial charge is 0.239 e. The van der Waals surface area contributed by atoms with E-state index in [4.69, 9.17) is 16.6 Å². The summed E-state index contributed by atoms with van der Waals surface area (Å²) in [7, 11) is 0. The minimum absolute atomic E-state index is 0.0124. The van der Waals surface area contributed by atoms with Crippen LogP contribution in [0, 0.1) is 5.92 Å². The molecule has 5 nitrogen and oxygen atoms in total. The number of carbonyl (C=O) groups is 1. The highest BCUT2D eigenvalue weighted by atomic mass is 35.5. The molecule has 3 rings (SSSR count). The topological polar surface area (TPSA) is 58.1 Å². The van der Waals surface area contributed by atoms with E-state index in [1.54, 1.807) is 0 Å². The predicted octanol–water partition coefficient (Wildman–Crippen LogP) is 4.95. The zero-order chi connectivity index (χ0) is 21.5. The molecule has 30 heavy (non-hydrogen) atoms. The predicted molar refractivity (Wildman–Crippen MR) is 124 cm³/mol. The largest absolute Gasteiger partial charge is 0.352 e. The molecule has 7 heteroatoms. The molecule has 3 aromatic rings. The third-order valence-corrected chi connectivity index (χ3v) is 6.01. The van der Waals surface area contributed by atoms with Crippen LogP contribution in [0.15, 0.2) is 54.6 Å². The van der Waals surface area contributed by atoms with E-state index < -0.39 is 0 Å². The quantitative estimate of drug-likeness (QED) is 0.509. The van der Waals surface area contributed by atoms with E-state index in [2.05, 4.69) is 35.7 Å². The van der Waals surface area contributed by atoms with Gasteiger partial charge in [-0.15, -0.1) is 0 Å². The van der Waals surface area contributed by atoms with Crippen molar-refractivity contribution < 1.29 is 4.79 Å². The molecule has 1 aromatic heterocycles. The lowest BCUT2D eigenvalue weighted by molar-refractivity contribution is -0.120. The molecule has 2 aromatic carbocycles. The number of amides is 1. The van der Waals surface area contributed by atoms with Crippen LogP contribution in [0.4, 0.5) is 5.13 Å². The van der Waals surface area contributed by atoms with E-state index in [-0.39, 0.29) is 18.5 Å². The lowest BCUT2D eigenvalue weighted by Gasteiger charge is -2.23. The molecule has 0 aliphatic heterocycles. The van der Waals surface area contributed by atoms with Crippen LogP contribution in [0.2, 0.25) is 5.02 Å². The molecular formula is C23H27ClN4OS. The van der Waals surface area contributed by atoms with Gasteiger partial charge >= 0.3 is 0 Å². The average Bonchev–Trinajstić information content (AvgIpc) is 3.18. The zero-order valence-electron chi connectivity index (χ0n) is 17.5. The monoisotopic (exact) mass is 442 g/mol. The number of benzene rings is 2. The summed E-state index contributed by atoms with van der Waals surface area (Å²) in [6.07, 6.45) is 0.628. The molecule has 0 fully saturated rings. The number of nitrogens with zero attached hydrogens (tertiary/aromatic N) is 3. The van der Waals surface area contributed by atoms with E-state index in [9.17, 15) is 4.79 Å². The van der Waals surface area contributed by atoms with Gasteiger partial charge in [-0.1, -0.05) is 67.9 Å². The lowest BCUT2D eigenvalue weighted by Crippen LogP contribution is -2.42. The van der Waals surface area contributed by atoms with E-state index in [1.807, 2.05) is 54.3 Å². The van der Waals surface area contributed by atoms with Crippen LogP contribution < -0.4 is 10.2 Å². The molecule has 0 spiro atoms. The molecular weight excluding hydrogens is 416 g/mol. The highest BCUT2D eigenvalue weighted by molar-refractivity contribution is 7.09. The zero-order valence-corrected chi connectivity index (χ0v) is 19.1. The summed E-state index contributed by atoms with van der Waals surface area (Å²) in [5.74, 6) is 1.11. The molecule has 0 saturated heterocycles. The summed E-state index contributed by atoms with van der Waals surface area (Å²) >= 11 is 7.29. The Bertz CT molecular complexity index is 943. The van der Waals surface area contributed by atoms with Gasteiger partial charge in [-0.3, -0.25) is 4.79 Å². The van der Waals surface area contributed by atoms with Crippen LogP contribution in [-0.2, 0) is 17.8 Å². The van der Waals surface area contributed by atoms with Crippen molar-refractivity contribution in [2.45, 2.75) is 39.8 Å². The number of rotatable bonds is 9. The first-order valence-corrected chi connectivity index (χ1v) is 11.2. The number of hydrogen-bond donors (Lipinski definition) is 1. The first-order valence-electron chi connectivity index (χ1n) is 10.1. The van der Waals surface area contributed by atoms with Gasteiger partial charge in [-0.05, 0) is 36.1 Å². The molecule has 1 atom stereocenters. The van der Waals surface area contributed by atoms with Crippen molar-refractivity contribution >= 4 is 34.2 Å². The van der Waals surface area contributed by atoms with Crippen molar-refractivity contribution in [3.05, 3.63) is 76.6 Å². The Kier molecular flexibility index (Phi) is 7.82. The van der Waals surface area contributed by atoms with E-state index in [1.165, 1.54) is 11.5 Å². The maximum absolute atomic E-state index is 12.7. The summed E-state index contributed by atoms with van der Waals surface area (Å²) < 4.78 is 4.52. The lowest BCUT2D eigenvalue weighted by atomic mass is 10.1. The first-order chi connectivity index (χ1) is 14.4. The average molecular weight is 443 g/mol. The van der Waals surface area contributed by atoms with Crippen molar-refractivity contribution in [1.82, 2.24) is 14.7 Å². The summed E-state index contributed by atoms with van der Waals surface area (Å²) in [6, 6.07) is 17.9. The van der Waals surface area contributed by atoms with Gasteiger partial charge < -0.3 is 10.2 Å². The van der Waals surface area contributed by atoms with Gasteiger partial charge in [0.05, 0.1) is 6.54 Å². The van der Waals surface area contributed by atoms with Gasteiger partial charge in [0.1, 0.15) is 5.82 Å². The van der Waals surface area contributed by atoms with Crippen molar-refractivity contribution in [2.75, 3.05) is 11.4 Å². The number of hydrogen-bond acceptors (Lipinski definition) is 5. The molecule has 1 N–H and O–H groups in total. The molecule has 0 radical (unpaired) electrons. The van der Waals surface area contributed by atoms with E-state index >= 15 is 0 Å². The van der Waals surface area contributed by atoms with Gasteiger partial charge in [0, 0.05) is 35.6 Å². The third kappa shape index (κ3) is 6.54. The number of carbonyl (C=O) groups excluding carboxylic acids is 1. The highest BCUT2D eigenvalue weighted by Gasteiger charge is 2.19. The number of anilines is 1. The number of halogens is 1. The fourth-order valence-corrected chi connectivity index (χ4v) is 3.67. The molecule has 158 valence electrons. The van der Waals surface area contributed by atoms with Crippen LogP contribution in [-0.4, -0.2) is 27.9 Å². The van der Waals surface area contributed by atoms with Crippen molar-refractivity contribution in [1.29, 1.82) is 0 Å². The van der Waals surface area contributed by atoms with Crippen molar-refractivity contribution in [3.8, 4) is 0 Å². The Morgan fingerprint density at radius 1 is 1.07 bits per heavy atom. The molecule has 0 aliphatic rings. The molecule has 0 saturated carbocycles. The maximum Gasteiger partial charge on any atom is 0.239 e. The fourth-order valence-electron chi connectivity index (χ4n) is 2.86. The first kappa shape index (κ1) is 22.2. The third-order valence-electron chi connectivity index (χ3n) is 4.94. The number of nitrogens with one attached hydrogen (secondary N) is 1. The second kappa shape index (κ2) is 10.5. The van der Waals surface area contributed by atoms with E-state index in [0.29, 0.717) is 23.9 Å². The fraction of sp³-hybridized carbons (Fsp3) is 0.348. The van der Waals surface area contributed by atoms with Gasteiger partial charge in [0.25, 0.3) is 0 Å². The Labute approximate surface area is 187 Å². The van der Waals surface area contributed by atoms with Gasteiger partial charge in [0.15, 0.2) is 0 Å². The Hall–Kier alpha value is -2.44. The summed E-state index contributed by atoms with van der Waals surface area (Å²) in [6.45, 7) is 7.06. The normalized spacial score (nSPS) is 12.0. The van der Waals surface area contributed by atoms with Crippen LogP contribution in [0.1, 0.15) is 37.7 Å². The Morgan fingerprint density at radius 2 is 1.77 bits per heavy atom. The minimum Gasteiger partial charge on any atom is -0.352 e. The van der Waals surface area contributed by atoms with Crippen LogP contribution in [0.3, 0.4) is 0 Å². The molecule has 0 aliphatic carbocycles. The minimum atomic E-state index is -0.0124.